The number of carbonyl (C=O) groups excluding carboxylic acids is 1. The van der Waals surface area contributed by atoms with Crippen molar-refractivity contribution in [1.82, 2.24) is 19.6 Å². The van der Waals surface area contributed by atoms with Gasteiger partial charge in [0.15, 0.2) is 5.69 Å². The van der Waals surface area contributed by atoms with Crippen molar-refractivity contribution in [2.45, 2.75) is 6.42 Å². The van der Waals surface area contributed by atoms with Crippen LogP contribution in [0.15, 0.2) is 24.3 Å². The minimum atomic E-state index is -1.14. The minimum Gasteiger partial charge on any atom is -0.476 e. The van der Waals surface area contributed by atoms with E-state index in [1.54, 1.807) is 36.2 Å². The molecule has 1 heterocycles. The van der Waals surface area contributed by atoms with Crippen molar-refractivity contribution in [1.29, 1.82) is 0 Å². The number of aromatic nitrogens is 2. The number of carboxylic acids is 1. The second-order valence-corrected chi connectivity index (χ2v) is 5.44. The lowest BCUT2D eigenvalue weighted by atomic mass is 10.2. The van der Waals surface area contributed by atoms with Crippen molar-refractivity contribution in [2.75, 3.05) is 34.2 Å². The first-order chi connectivity index (χ1) is 10.4. The first kappa shape index (κ1) is 16.0. The molecule has 1 aromatic heterocycles. The Labute approximate surface area is 128 Å². The van der Waals surface area contributed by atoms with Crippen LogP contribution in [0.5, 0.6) is 0 Å². The molecule has 0 saturated carbocycles. The maximum Gasteiger partial charge on any atom is 0.357 e. The van der Waals surface area contributed by atoms with Crippen LogP contribution in [0.3, 0.4) is 0 Å². The van der Waals surface area contributed by atoms with E-state index in [9.17, 15) is 14.7 Å². The van der Waals surface area contributed by atoms with Gasteiger partial charge in [0, 0.05) is 19.0 Å². The average Bonchev–Trinajstić information content (AvgIpc) is 2.85. The summed E-state index contributed by atoms with van der Waals surface area (Å²) >= 11 is 0. The van der Waals surface area contributed by atoms with Crippen LogP contribution < -0.4 is 0 Å². The number of rotatable bonds is 5. The SMILES string of the molecule is CN(C)CCCN(C)C(=O)n1nc(C(=O)O)c2ccccc21. The van der Waals surface area contributed by atoms with E-state index in [1.807, 2.05) is 19.0 Å². The number of carboxylic acid groups (broad SMARTS) is 1. The highest BCUT2D eigenvalue weighted by Crippen LogP contribution is 2.18. The normalized spacial score (nSPS) is 11.1. The number of nitrogens with zero attached hydrogens (tertiary/aromatic N) is 4. The molecule has 7 heteroatoms. The Kier molecular flexibility index (Phi) is 4.77. The molecule has 0 saturated heterocycles. The van der Waals surface area contributed by atoms with Crippen molar-refractivity contribution < 1.29 is 14.7 Å². The molecule has 1 N–H and O–H groups in total. The van der Waals surface area contributed by atoms with Gasteiger partial charge in [-0.2, -0.15) is 9.78 Å². The lowest BCUT2D eigenvalue weighted by Crippen LogP contribution is -2.34. The first-order valence-corrected chi connectivity index (χ1v) is 7.03. The maximum absolute atomic E-state index is 12.5. The van der Waals surface area contributed by atoms with Crippen molar-refractivity contribution in [3.05, 3.63) is 30.0 Å². The number of amides is 1. The number of hydrogen-bond acceptors (Lipinski definition) is 4. The highest BCUT2D eigenvalue weighted by Gasteiger charge is 2.21. The van der Waals surface area contributed by atoms with Gasteiger partial charge in [0.1, 0.15) is 0 Å². The quantitative estimate of drug-likeness (QED) is 0.907. The van der Waals surface area contributed by atoms with Gasteiger partial charge in [0.25, 0.3) is 0 Å². The molecule has 0 fully saturated rings. The predicted octanol–water partition coefficient (Wildman–Crippen LogP) is 1.59. The molecule has 0 aliphatic carbocycles. The van der Waals surface area contributed by atoms with Gasteiger partial charge < -0.3 is 14.9 Å². The molecule has 0 unspecified atom stereocenters. The van der Waals surface area contributed by atoms with E-state index in [0.29, 0.717) is 17.4 Å². The summed E-state index contributed by atoms with van der Waals surface area (Å²) < 4.78 is 1.16. The maximum atomic E-state index is 12.5. The molecule has 0 aliphatic heterocycles. The Morgan fingerprint density at radius 1 is 1.18 bits per heavy atom. The minimum absolute atomic E-state index is 0.106. The van der Waals surface area contributed by atoms with Crippen LogP contribution in [0, 0.1) is 0 Å². The summed E-state index contributed by atoms with van der Waals surface area (Å²) in [6, 6.07) is 6.50. The summed E-state index contributed by atoms with van der Waals surface area (Å²) in [5.74, 6) is -1.14. The Bertz CT molecular complexity index is 693. The summed E-state index contributed by atoms with van der Waals surface area (Å²) in [4.78, 5) is 27.3. The van der Waals surface area contributed by atoms with E-state index < -0.39 is 5.97 Å². The molecular formula is C15H20N4O3. The van der Waals surface area contributed by atoms with Crippen LogP contribution in [0.4, 0.5) is 4.79 Å². The second-order valence-electron chi connectivity index (χ2n) is 5.44. The molecule has 2 rings (SSSR count). The van der Waals surface area contributed by atoms with Crippen molar-refractivity contribution in [3.8, 4) is 0 Å². The van der Waals surface area contributed by atoms with Gasteiger partial charge in [-0.05, 0) is 33.1 Å². The predicted molar refractivity (Wildman–Crippen MR) is 83.3 cm³/mol. The monoisotopic (exact) mass is 304 g/mol. The van der Waals surface area contributed by atoms with Gasteiger partial charge in [0.2, 0.25) is 0 Å². The highest BCUT2D eigenvalue weighted by atomic mass is 16.4. The fraction of sp³-hybridized carbons (Fsp3) is 0.400. The van der Waals surface area contributed by atoms with Crippen LogP contribution in [-0.4, -0.2) is 70.9 Å². The van der Waals surface area contributed by atoms with Crippen LogP contribution >= 0.6 is 0 Å². The molecule has 0 atom stereocenters. The van der Waals surface area contributed by atoms with Crippen LogP contribution in [0.25, 0.3) is 10.9 Å². The van der Waals surface area contributed by atoms with Gasteiger partial charge in [-0.25, -0.2) is 9.59 Å². The third-order valence-corrected chi connectivity index (χ3v) is 3.40. The van der Waals surface area contributed by atoms with Crippen LogP contribution in [0.1, 0.15) is 16.9 Å². The Morgan fingerprint density at radius 2 is 1.86 bits per heavy atom. The zero-order valence-corrected chi connectivity index (χ0v) is 13.0. The summed E-state index contributed by atoms with van der Waals surface area (Å²) in [5, 5.41) is 13.6. The molecular weight excluding hydrogens is 284 g/mol. The summed E-state index contributed by atoms with van der Waals surface area (Å²) in [6.07, 6.45) is 0.834. The van der Waals surface area contributed by atoms with E-state index in [0.717, 1.165) is 17.6 Å². The van der Waals surface area contributed by atoms with Gasteiger partial charge in [-0.1, -0.05) is 18.2 Å². The first-order valence-electron chi connectivity index (χ1n) is 7.03. The smallest absolute Gasteiger partial charge is 0.357 e. The molecule has 0 radical (unpaired) electrons. The van der Waals surface area contributed by atoms with Crippen molar-refractivity contribution >= 4 is 22.9 Å². The van der Waals surface area contributed by atoms with Crippen molar-refractivity contribution in [2.24, 2.45) is 0 Å². The van der Waals surface area contributed by atoms with Gasteiger partial charge >= 0.3 is 12.0 Å². The summed E-state index contributed by atoms with van der Waals surface area (Å²) in [7, 11) is 5.64. The topological polar surface area (TPSA) is 78.7 Å². The molecule has 0 bridgehead atoms. The zero-order chi connectivity index (χ0) is 16.3. The van der Waals surface area contributed by atoms with Crippen LogP contribution in [-0.2, 0) is 0 Å². The van der Waals surface area contributed by atoms with Crippen LogP contribution in [0.2, 0.25) is 0 Å². The number of aromatic carboxylic acids is 1. The standard InChI is InChI=1S/C15H20N4O3/c1-17(2)9-6-10-18(3)15(22)19-12-8-5-4-7-11(12)13(16-19)14(20)21/h4-5,7-8H,6,9-10H2,1-3H3,(H,20,21). The molecule has 1 aromatic carbocycles. The van der Waals surface area contributed by atoms with E-state index in [1.165, 1.54) is 0 Å². The number of carbonyl (C=O) groups is 2. The molecule has 0 aliphatic rings. The fourth-order valence-electron chi connectivity index (χ4n) is 2.25. The summed E-state index contributed by atoms with van der Waals surface area (Å²) in [5.41, 5.74) is 0.398. The van der Waals surface area contributed by atoms with E-state index in [-0.39, 0.29) is 11.7 Å². The molecule has 118 valence electrons. The fourth-order valence-corrected chi connectivity index (χ4v) is 2.25. The zero-order valence-electron chi connectivity index (χ0n) is 13.0. The molecule has 1 amide bonds. The lowest BCUT2D eigenvalue weighted by molar-refractivity contribution is 0.0692. The highest BCUT2D eigenvalue weighted by molar-refractivity contribution is 6.03. The number of para-hydroxylation sites is 1. The van der Waals surface area contributed by atoms with Gasteiger partial charge in [-0.15, -0.1) is 0 Å². The number of hydrogen-bond donors (Lipinski definition) is 1. The van der Waals surface area contributed by atoms with E-state index in [4.69, 9.17) is 0 Å². The Morgan fingerprint density at radius 3 is 2.50 bits per heavy atom. The second kappa shape index (κ2) is 6.57. The number of fused-ring (bicyclic) bond motifs is 1. The third kappa shape index (κ3) is 3.25. The lowest BCUT2D eigenvalue weighted by Gasteiger charge is -2.18. The molecule has 7 nitrogen and oxygen atoms in total. The van der Waals surface area contributed by atoms with Crippen molar-refractivity contribution in [3.63, 3.8) is 0 Å². The van der Waals surface area contributed by atoms with E-state index >= 15 is 0 Å². The largest absolute Gasteiger partial charge is 0.476 e. The van der Waals surface area contributed by atoms with E-state index in [2.05, 4.69) is 5.10 Å². The molecule has 2 aromatic rings. The average molecular weight is 304 g/mol. The molecule has 0 spiro atoms. The summed E-state index contributed by atoms with van der Waals surface area (Å²) in [6.45, 7) is 1.45. The third-order valence-electron chi connectivity index (χ3n) is 3.40. The van der Waals surface area contributed by atoms with Gasteiger partial charge in [-0.3, -0.25) is 0 Å². The Balaban J connectivity index is 2.26. The Hall–Kier alpha value is -2.41. The van der Waals surface area contributed by atoms with Gasteiger partial charge in [0.05, 0.1) is 5.52 Å². The molecule has 22 heavy (non-hydrogen) atoms. The number of benzene rings is 1.